The third-order valence-electron chi connectivity index (χ3n) is 10.3. The number of aliphatic hydroxyl groups is 2. The maximum atomic E-state index is 14.0. The zero-order valence-corrected chi connectivity index (χ0v) is 28.7. The van der Waals surface area contributed by atoms with E-state index in [0.717, 1.165) is 22.1 Å². The number of alkyl halides is 6. The molecule has 2 amide bonds. The number of imide groups is 1. The predicted octanol–water partition coefficient (Wildman–Crippen LogP) is 9.04. The molecule has 1 aliphatic carbocycles. The third kappa shape index (κ3) is 7.34. The lowest BCUT2D eigenvalue weighted by atomic mass is 9.66. The molecule has 12 heteroatoms. The van der Waals surface area contributed by atoms with Gasteiger partial charge in [-0.1, -0.05) is 86.2 Å². The van der Waals surface area contributed by atoms with Crippen molar-refractivity contribution in [1.82, 2.24) is 0 Å². The largest absolute Gasteiger partial charge is 0.507 e. The summed E-state index contributed by atoms with van der Waals surface area (Å²) in [4.78, 5) is 28.1. The van der Waals surface area contributed by atoms with E-state index in [1.165, 1.54) is 0 Å². The topological polar surface area (TPSA) is 98.1 Å². The summed E-state index contributed by atoms with van der Waals surface area (Å²) in [6, 6.07) is 20.8. The van der Waals surface area contributed by atoms with E-state index in [-0.39, 0.29) is 30.6 Å². The van der Waals surface area contributed by atoms with Crippen LogP contribution in [0.25, 0.3) is 22.4 Å². The van der Waals surface area contributed by atoms with Crippen LogP contribution >= 0.6 is 0 Å². The molecule has 0 aromatic heterocycles. The maximum absolute atomic E-state index is 14.0. The van der Waals surface area contributed by atoms with Gasteiger partial charge >= 0.3 is 12.4 Å². The molecule has 4 atom stereocenters. The summed E-state index contributed by atoms with van der Waals surface area (Å²) < 4.78 is 82.3. The van der Waals surface area contributed by atoms with Crippen LogP contribution in [0.5, 0.6) is 5.75 Å². The van der Waals surface area contributed by atoms with Crippen molar-refractivity contribution >= 4 is 39.9 Å². The van der Waals surface area contributed by atoms with Crippen molar-refractivity contribution in [2.45, 2.75) is 51.6 Å². The molecule has 0 saturated carbocycles. The van der Waals surface area contributed by atoms with Gasteiger partial charge in [-0.3, -0.25) is 9.59 Å². The number of phenols is 1. The quantitative estimate of drug-likeness (QED) is 0.0690. The van der Waals surface area contributed by atoms with Crippen LogP contribution < -0.4 is 4.90 Å². The van der Waals surface area contributed by atoms with Crippen LogP contribution in [0.4, 0.5) is 32.0 Å². The molecule has 1 saturated heterocycles. The van der Waals surface area contributed by atoms with Crippen LogP contribution in [-0.4, -0.2) is 39.8 Å². The van der Waals surface area contributed by atoms with Gasteiger partial charge in [0.15, 0.2) is 0 Å². The van der Waals surface area contributed by atoms with E-state index in [4.69, 9.17) is 0 Å². The Balaban J connectivity index is 1.35. The molecule has 6 nitrogen and oxygen atoms in total. The number of aliphatic hydroxyl groups excluding tert-OH is 2. The monoisotopic (exact) mass is 737 g/mol. The van der Waals surface area contributed by atoms with Gasteiger partial charge in [0.1, 0.15) is 5.75 Å². The number of phenolic OH excluding ortho intramolecular Hbond substituents is 1. The second kappa shape index (κ2) is 14.5. The van der Waals surface area contributed by atoms with Gasteiger partial charge in [0.05, 0.1) is 41.4 Å². The molecule has 1 heterocycles. The lowest BCUT2D eigenvalue weighted by Gasteiger charge is -2.38. The molecule has 0 spiro atoms. The van der Waals surface area contributed by atoms with Crippen LogP contribution in [0.1, 0.15) is 55.4 Å². The predicted molar refractivity (Wildman–Crippen MR) is 188 cm³/mol. The number of benzene rings is 4. The third-order valence-corrected chi connectivity index (χ3v) is 10.3. The number of allylic oxidation sites excluding steroid dienone is 2. The van der Waals surface area contributed by atoms with Gasteiger partial charge < -0.3 is 15.3 Å². The smallest absolute Gasteiger partial charge is 0.416 e. The number of rotatable bonds is 9. The molecule has 0 unspecified atom stereocenters. The molecule has 4 aromatic rings. The van der Waals surface area contributed by atoms with Gasteiger partial charge in [-0.15, -0.1) is 0 Å². The van der Waals surface area contributed by atoms with E-state index >= 15 is 0 Å². The normalized spacial score (nSPS) is 20.5. The zero-order chi connectivity index (χ0) is 38.4. The van der Waals surface area contributed by atoms with Crippen molar-refractivity contribution < 1.29 is 51.3 Å². The van der Waals surface area contributed by atoms with Gasteiger partial charge in [-0.2, -0.15) is 26.3 Å². The summed E-state index contributed by atoms with van der Waals surface area (Å²) in [5.74, 6) is -5.78. The molecule has 278 valence electrons. The Bertz CT molecular complexity index is 2070. The van der Waals surface area contributed by atoms with E-state index in [0.29, 0.717) is 40.0 Å². The molecule has 0 bridgehead atoms. The lowest BCUT2D eigenvalue weighted by Crippen LogP contribution is -2.40. The first-order valence-corrected chi connectivity index (χ1v) is 17.2. The number of hydrogen-bond donors (Lipinski definition) is 3. The van der Waals surface area contributed by atoms with Gasteiger partial charge in [-0.25, -0.2) is 4.90 Å². The SMILES string of the molecule is CC(C)C1=C([C@H](O)CC/C(=C/c2ccc(O)c3ccccc23)c2ccccc2)[C@H](CO)[C@@H]2C(=O)N(c3cc(C(F)(F)F)cc(C(F)(F)F)c3)C(=O)[C@@H]2C1. The molecule has 3 N–H and O–H groups in total. The van der Waals surface area contributed by atoms with Crippen LogP contribution in [0.3, 0.4) is 0 Å². The van der Waals surface area contributed by atoms with Gasteiger partial charge in [-0.05, 0) is 77.1 Å². The summed E-state index contributed by atoms with van der Waals surface area (Å²) in [5.41, 5.74) is -0.743. The van der Waals surface area contributed by atoms with Crippen molar-refractivity contribution in [3.63, 3.8) is 0 Å². The Labute approximate surface area is 301 Å². The van der Waals surface area contributed by atoms with Gasteiger partial charge in [0.2, 0.25) is 11.8 Å². The fourth-order valence-corrected chi connectivity index (χ4v) is 7.79. The molecule has 4 aromatic carbocycles. The fourth-order valence-electron chi connectivity index (χ4n) is 7.79. The van der Waals surface area contributed by atoms with Crippen molar-refractivity contribution in [1.29, 1.82) is 0 Å². The molecule has 1 aliphatic heterocycles. The van der Waals surface area contributed by atoms with Crippen LogP contribution in [0.15, 0.2) is 96.1 Å². The Morgan fingerprint density at radius 3 is 2.04 bits per heavy atom. The van der Waals surface area contributed by atoms with Crippen LogP contribution in [0, 0.1) is 23.7 Å². The standard InChI is InChI=1S/C41H37F6NO5/c1-22(2)31-20-32-37(39(53)48(38(32)52)28-18-26(40(42,43)44)17-27(19-28)41(45,46)47)33(21-49)36(31)35(51)15-12-24(23-8-4-3-5-9-23)16-25-13-14-34(50)30-11-7-6-10-29(25)30/h3-11,13-14,16-19,22,32-33,35,37,49-51H,12,15,20-21H2,1-2H3/b24-16-/t32-,33+,35-,37-/m1/s1. The first-order valence-electron chi connectivity index (χ1n) is 17.2. The molecule has 6 rings (SSSR count). The van der Waals surface area contributed by atoms with E-state index in [9.17, 15) is 51.3 Å². The number of aromatic hydroxyl groups is 1. The van der Waals surface area contributed by atoms with Gasteiger partial charge in [0.25, 0.3) is 0 Å². The van der Waals surface area contributed by atoms with Crippen molar-refractivity contribution in [2.24, 2.45) is 23.7 Å². The minimum Gasteiger partial charge on any atom is -0.507 e. The van der Waals surface area contributed by atoms with Gasteiger partial charge in [0, 0.05) is 11.3 Å². The Hall–Kier alpha value is -4.94. The van der Waals surface area contributed by atoms with E-state index in [1.54, 1.807) is 18.2 Å². The van der Waals surface area contributed by atoms with Crippen LogP contribution in [-0.2, 0) is 21.9 Å². The second-order valence-corrected chi connectivity index (χ2v) is 13.8. The van der Waals surface area contributed by atoms with E-state index in [1.807, 2.05) is 68.5 Å². The highest BCUT2D eigenvalue weighted by Gasteiger charge is 2.56. The first kappa shape index (κ1) is 37.8. The molecular formula is C41H37F6NO5. The highest BCUT2D eigenvalue weighted by molar-refractivity contribution is 6.22. The molecule has 53 heavy (non-hydrogen) atoms. The summed E-state index contributed by atoms with van der Waals surface area (Å²) in [6.45, 7) is 2.92. The zero-order valence-electron chi connectivity index (χ0n) is 28.7. The average Bonchev–Trinajstić information content (AvgIpc) is 3.37. The molecule has 0 radical (unpaired) electrons. The fraction of sp³-hybridized carbons (Fsp3) is 0.317. The second-order valence-electron chi connectivity index (χ2n) is 13.8. The Morgan fingerprint density at radius 1 is 0.849 bits per heavy atom. The number of carbonyl (C=O) groups excluding carboxylic acids is 2. The summed E-state index contributed by atoms with van der Waals surface area (Å²) in [5, 5.41) is 34.5. The highest BCUT2D eigenvalue weighted by atomic mass is 19.4. The minimum absolute atomic E-state index is 0.0712. The average molecular weight is 738 g/mol. The number of fused-ring (bicyclic) bond motifs is 2. The summed E-state index contributed by atoms with van der Waals surface area (Å²) in [6.07, 6.45) is -9.31. The Kier molecular flexibility index (Phi) is 10.3. The van der Waals surface area contributed by atoms with Crippen molar-refractivity contribution in [2.75, 3.05) is 11.5 Å². The maximum Gasteiger partial charge on any atom is 0.416 e. The number of anilines is 1. The summed E-state index contributed by atoms with van der Waals surface area (Å²) >= 11 is 0. The van der Waals surface area contributed by atoms with Crippen LogP contribution in [0.2, 0.25) is 0 Å². The van der Waals surface area contributed by atoms with Crippen molar-refractivity contribution in [3.05, 3.63) is 118 Å². The van der Waals surface area contributed by atoms with Crippen molar-refractivity contribution in [3.8, 4) is 5.75 Å². The first-order chi connectivity index (χ1) is 25.0. The Morgan fingerprint density at radius 2 is 1.45 bits per heavy atom. The number of nitrogens with zero attached hydrogens (tertiary/aromatic N) is 1. The number of hydrogen-bond acceptors (Lipinski definition) is 5. The number of carbonyl (C=O) groups is 2. The minimum atomic E-state index is -5.20. The molecular weight excluding hydrogens is 700 g/mol. The summed E-state index contributed by atoms with van der Waals surface area (Å²) in [7, 11) is 0. The molecule has 1 fully saturated rings. The molecule has 2 aliphatic rings. The lowest BCUT2D eigenvalue weighted by molar-refractivity contribution is -0.143. The van der Waals surface area contributed by atoms with E-state index < -0.39 is 71.4 Å². The van der Waals surface area contributed by atoms with E-state index in [2.05, 4.69) is 0 Å². The highest BCUT2D eigenvalue weighted by Crippen LogP contribution is 2.50. The number of halogens is 6. The number of amides is 2.